The van der Waals surface area contributed by atoms with Crippen molar-refractivity contribution in [2.24, 2.45) is 0 Å². The lowest BCUT2D eigenvalue weighted by Crippen LogP contribution is -2.10. The quantitative estimate of drug-likeness (QED) is 0.186. The average Bonchev–Trinajstić information content (AvgIpc) is 3.74. The fourth-order valence-corrected chi connectivity index (χ4v) is 8.57. The van der Waals surface area contributed by atoms with E-state index in [4.69, 9.17) is 4.42 Å². The Morgan fingerprint density at radius 2 is 1.06 bits per heavy atom. The highest BCUT2D eigenvalue weighted by Gasteiger charge is 2.20. The van der Waals surface area contributed by atoms with Crippen LogP contribution in [0.1, 0.15) is 0 Å². The number of para-hydroxylation sites is 1. The molecule has 0 fully saturated rings. The van der Waals surface area contributed by atoms with Gasteiger partial charge in [0.2, 0.25) is 0 Å². The predicted octanol–water partition coefficient (Wildman–Crippen LogP) is 13.9. The van der Waals surface area contributed by atoms with Gasteiger partial charge in [-0.05, 0) is 82.1 Å². The van der Waals surface area contributed by atoms with E-state index in [1.54, 1.807) is 0 Å². The molecular formula is C46H29NOS. The first-order chi connectivity index (χ1) is 24.3. The lowest BCUT2D eigenvalue weighted by molar-refractivity contribution is 0.669. The van der Waals surface area contributed by atoms with Gasteiger partial charge in [0.05, 0.1) is 0 Å². The maximum absolute atomic E-state index is 6.24. The van der Waals surface area contributed by atoms with Crippen molar-refractivity contribution in [3.8, 4) is 22.3 Å². The molecule has 2 aromatic heterocycles. The smallest absolute Gasteiger partial charge is 0.135 e. The Balaban J connectivity index is 1.23. The molecule has 0 saturated carbocycles. The minimum absolute atomic E-state index is 0.889. The molecule has 2 heterocycles. The third-order valence-corrected chi connectivity index (χ3v) is 10.9. The fraction of sp³-hybridized carbons (Fsp3) is 0. The third kappa shape index (κ3) is 4.62. The minimum Gasteiger partial charge on any atom is -0.456 e. The van der Waals surface area contributed by atoms with Gasteiger partial charge in [0, 0.05) is 53.6 Å². The van der Waals surface area contributed by atoms with Crippen molar-refractivity contribution in [2.45, 2.75) is 0 Å². The van der Waals surface area contributed by atoms with Crippen LogP contribution in [0.3, 0.4) is 0 Å². The highest BCUT2D eigenvalue weighted by Crippen LogP contribution is 2.46. The summed E-state index contributed by atoms with van der Waals surface area (Å²) >= 11 is 1.88. The van der Waals surface area contributed by atoms with E-state index in [1.165, 1.54) is 53.2 Å². The van der Waals surface area contributed by atoms with Crippen LogP contribution in [0.15, 0.2) is 180 Å². The van der Waals surface area contributed by atoms with E-state index >= 15 is 0 Å². The summed E-state index contributed by atoms with van der Waals surface area (Å²) < 4.78 is 8.87. The second-order valence-electron chi connectivity index (χ2n) is 12.5. The van der Waals surface area contributed by atoms with Gasteiger partial charge in [-0.3, -0.25) is 0 Å². The number of rotatable bonds is 5. The SMILES string of the molecule is c1ccc(-c2cc(N(c3ccc4ccccc4c3)c3ccc4oc5ccccc5c4c3)ccc2-c2cccc3c2sc2ccccc23)cc1. The molecule has 0 aliphatic heterocycles. The molecule has 3 heteroatoms. The first-order valence-corrected chi connectivity index (χ1v) is 17.4. The largest absolute Gasteiger partial charge is 0.456 e. The number of benzene rings is 8. The topological polar surface area (TPSA) is 16.4 Å². The van der Waals surface area contributed by atoms with E-state index in [-0.39, 0.29) is 0 Å². The van der Waals surface area contributed by atoms with Crippen LogP contribution in [0.4, 0.5) is 17.1 Å². The van der Waals surface area contributed by atoms with E-state index in [9.17, 15) is 0 Å². The van der Waals surface area contributed by atoms with Crippen LogP contribution in [-0.2, 0) is 0 Å². The van der Waals surface area contributed by atoms with Crippen molar-refractivity contribution in [2.75, 3.05) is 4.90 Å². The zero-order chi connectivity index (χ0) is 32.3. The van der Waals surface area contributed by atoms with Crippen molar-refractivity contribution in [1.29, 1.82) is 0 Å². The van der Waals surface area contributed by atoms with E-state index in [0.29, 0.717) is 0 Å². The predicted molar refractivity (Wildman–Crippen MR) is 210 cm³/mol. The van der Waals surface area contributed by atoms with Gasteiger partial charge >= 0.3 is 0 Å². The minimum atomic E-state index is 0.889. The lowest BCUT2D eigenvalue weighted by atomic mass is 9.92. The molecule has 0 spiro atoms. The van der Waals surface area contributed by atoms with Crippen molar-refractivity contribution >= 4 is 81.3 Å². The van der Waals surface area contributed by atoms with Gasteiger partial charge in [-0.2, -0.15) is 0 Å². The summed E-state index contributed by atoms with van der Waals surface area (Å²) in [6, 6.07) is 63.4. The van der Waals surface area contributed by atoms with Gasteiger partial charge in [0.1, 0.15) is 11.2 Å². The van der Waals surface area contributed by atoms with Gasteiger partial charge in [-0.15, -0.1) is 11.3 Å². The number of thiophene rings is 1. The van der Waals surface area contributed by atoms with Gasteiger partial charge in [0.25, 0.3) is 0 Å². The average molecular weight is 644 g/mol. The lowest BCUT2D eigenvalue weighted by Gasteiger charge is -2.27. The zero-order valence-electron chi connectivity index (χ0n) is 26.5. The Morgan fingerprint density at radius 1 is 0.388 bits per heavy atom. The molecule has 0 aliphatic rings. The molecule has 2 nitrogen and oxygen atoms in total. The summed E-state index contributed by atoms with van der Waals surface area (Å²) in [6.45, 7) is 0. The molecular weight excluding hydrogens is 615 g/mol. The third-order valence-electron chi connectivity index (χ3n) is 9.65. The Bertz CT molecular complexity index is 2840. The normalized spacial score (nSPS) is 11.7. The van der Waals surface area contributed by atoms with E-state index in [0.717, 1.165) is 39.0 Å². The van der Waals surface area contributed by atoms with Crippen LogP contribution in [0, 0.1) is 0 Å². The molecule has 8 aromatic carbocycles. The van der Waals surface area contributed by atoms with E-state index in [2.05, 4.69) is 169 Å². The number of hydrogen-bond acceptors (Lipinski definition) is 3. The Hall–Kier alpha value is -6.16. The van der Waals surface area contributed by atoms with Crippen molar-refractivity contribution in [3.05, 3.63) is 176 Å². The highest BCUT2D eigenvalue weighted by atomic mass is 32.1. The van der Waals surface area contributed by atoms with Gasteiger partial charge in [-0.1, -0.05) is 121 Å². The molecule has 0 aliphatic carbocycles. The molecule has 0 bridgehead atoms. The standard InChI is InChI=1S/C46H29NOS/c1-2-12-31(13-3-1)41-28-34(23-25-36(41)39-17-10-18-40-38-16-7-9-20-45(38)49-46(39)40)47(33-22-21-30-11-4-5-14-32(30)27-33)35-24-26-44-42(29-35)37-15-6-8-19-43(37)48-44/h1-29H. The number of nitrogens with zero attached hydrogens (tertiary/aromatic N) is 1. The molecule has 0 radical (unpaired) electrons. The number of hydrogen-bond donors (Lipinski definition) is 0. The van der Waals surface area contributed by atoms with Crippen LogP contribution in [0.2, 0.25) is 0 Å². The first kappa shape index (κ1) is 27.9. The Kier molecular flexibility index (Phi) is 6.39. The fourth-order valence-electron chi connectivity index (χ4n) is 7.34. The molecule has 0 amide bonds. The Morgan fingerprint density at radius 3 is 1.98 bits per heavy atom. The van der Waals surface area contributed by atoms with Crippen molar-refractivity contribution in [3.63, 3.8) is 0 Å². The number of fused-ring (bicyclic) bond motifs is 7. The summed E-state index contributed by atoms with van der Waals surface area (Å²) in [5.41, 5.74) is 9.93. The monoisotopic (exact) mass is 643 g/mol. The molecule has 0 N–H and O–H groups in total. The van der Waals surface area contributed by atoms with Crippen molar-refractivity contribution in [1.82, 2.24) is 0 Å². The second kappa shape index (κ2) is 11.2. The maximum Gasteiger partial charge on any atom is 0.135 e. The van der Waals surface area contributed by atoms with Crippen LogP contribution in [0.25, 0.3) is 75.1 Å². The van der Waals surface area contributed by atoms with Crippen LogP contribution >= 0.6 is 11.3 Å². The van der Waals surface area contributed by atoms with E-state index < -0.39 is 0 Å². The summed E-state index contributed by atoms with van der Waals surface area (Å²) in [5, 5.41) is 7.27. The van der Waals surface area contributed by atoms with Crippen LogP contribution in [-0.4, -0.2) is 0 Å². The highest BCUT2D eigenvalue weighted by molar-refractivity contribution is 7.26. The molecule has 10 rings (SSSR count). The van der Waals surface area contributed by atoms with Gasteiger partial charge < -0.3 is 9.32 Å². The summed E-state index contributed by atoms with van der Waals surface area (Å²) in [4.78, 5) is 2.38. The van der Waals surface area contributed by atoms with E-state index in [1.807, 2.05) is 23.5 Å². The van der Waals surface area contributed by atoms with Gasteiger partial charge in [0.15, 0.2) is 0 Å². The molecule has 230 valence electrons. The first-order valence-electron chi connectivity index (χ1n) is 16.6. The number of anilines is 3. The molecule has 49 heavy (non-hydrogen) atoms. The maximum atomic E-state index is 6.24. The van der Waals surface area contributed by atoms with Crippen LogP contribution < -0.4 is 4.90 Å². The summed E-state index contributed by atoms with van der Waals surface area (Å²) in [5.74, 6) is 0. The molecule has 0 unspecified atom stereocenters. The zero-order valence-corrected chi connectivity index (χ0v) is 27.3. The number of furan rings is 1. The summed E-state index contributed by atoms with van der Waals surface area (Å²) in [6.07, 6.45) is 0. The Labute approximate surface area is 287 Å². The molecule has 0 saturated heterocycles. The molecule has 10 aromatic rings. The van der Waals surface area contributed by atoms with Crippen LogP contribution in [0.5, 0.6) is 0 Å². The second-order valence-corrected chi connectivity index (χ2v) is 13.6. The van der Waals surface area contributed by atoms with Crippen molar-refractivity contribution < 1.29 is 4.42 Å². The summed E-state index contributed by atoms with van der Waals surface area (Å²) in [7, 11) is 0. The molecule has 0 atom stereocenters. The van der Waals surface area contributed by atoms with Gasteiger partial charge in [-0.25, -0.2) is 0 Å².